The van der Waals surface area contributed by atoms with E-state index in [-0.39, 0.29) is 17.7 Å². The fourth-order valence-corrected chi connectivity index (χ4v) is 4.56. The first-order valence-electron chi connectivity index (χ1n) is 11.0. The molecule has 0 spiro atoms. The van der Waals surface area contributed by atoms with E-state index < -0.39 is 6.10 Å². The molecular weight excluding hydrogens is 452 g/mol. The van der Waals surface area contributed by atoms with Crippen LogP contribution in [-0.2, 0) is 11.3 Å². The lowest BCUT2D eigenvalue weighted by molar-refractivity contribution is -0.119. The molecule has 0 aliphatic carbocycles. The van der Waals surface area contributed by atoms with Gasteiger partial charge in [0.15, 0.2) is 28.6 Å². The molecule has 2 atom stereocenters. The van der Waals surface area contributed by atoms with Crippen molar-refractivity contribution >= 4 is 28.6 Å². The number of ether oxygens (including phenoxy) is 2. The SMILES string of the molecule is C=CCn1c(SCC(=O)N[C@H](C)c2cc3ccccc3o2)nnc1[C@H]1COc2ccccc2O1. The number of carbonyl (C=O) groups is 1. The summed E-state index contributed by atoms with van der Waals surface area (Å²) in [6.07, 6.45) is 1.36. The molecule has 8 nitrogen and oxygen atoms in total. The van der Waals surface area contributed by atoms with Crippen molar-refractivity contribution in [2.45, 2.75) is 30.8 Å². The molecule has 34 heavy (non-hydrogen) atoms. The van der Waals surface area contributed by atoms with Crippen molar-refractivity contribution in [2.24, 2.45) is 0 Å². The van der Waals surface area contributed by atoms with Gasteiger partial charge in [-0.15, -0.1) is 16.8 Å². The smallest absolute Gasteiger partial charge is 0.231 e. The van der Waals surface area contributed by atoms with Gasteiger partial charge < -0.3 is 19.2 Å². The monoisotopic (exact) mass is 476 g/mol. The highest BCUT2D eigenvalue weighted by molar-refractivity contribution is 7.99. The van der Waals surface area contributed by atoms with Crippen molar-refractivity contribution in [1.29, 1.82) is 0 Å². The van der Waals surface area contributed by atoms with E-state index in [1.165, 1.54) is 11.8 Å². The molecule has 5 rings (SSSR count). The van der Waals surface area contributed by atoms with Gasteiger partial charge in [-0.3, -0.25) is 9.36 Å². The topological polar surface area (TPSA) is 91.4 Å². The summed E-state index contributed by atoms with van der Waals surface area (Å²) < 4.78 is 19.7. The van der Waals surface area contributed by atoms with Crippen molar-refractivity contribution in [3.8, 4) is 11.5 Å². The van der Waals surface area contributed by atoms with Crippen LogP contribution < -0.4 is 14.8 Å². The van der Waals surface area contributed by atoms with E-state index in [0.717, 1.165) is 11.0 Å². The van der Waals surface area contributed by atoms with Crippen LogP contribution in [-0.4, -0.2) is 33.0 Å². The van der Waals surface area contributed by atoms with Gasteiger partial charge in [-0.05, 0) is 31.2 Å². The highest BCUT2D eigenvalue weighted by Crippen LogP contribution is 2.36. The number of nitrogens with zero attached hydrogens (tertiary/aromatic N) is 3. The molecule has 1 aliphatic rings. The Labute approximate surface area is 200 Å². The molecule has 0 fully saturated rings. The molecule has 2 aromatic heterocycles. The van der Waals surface area contributed by atoms with Crippen LogP contribution in [0.25, 0.3) is 11.0 Å². The number of aromatic nitrogens is 3. The van der Waals surface area contributed by atoms with Gasteiger partial charge in [-0.1, -0.05) is 48.2 Å². The molecule has 1 N–H and O–H groups in total. The number of carbonyl (C=O) groups excluding carboxylic acids is 1. The number of rotatable bonds is 8. The maximum Gasteiger partial charge on any atom is 0.231 e. The lowest BCUT2D eigenvalue weighted by atomic mass is 10.2. The summed E-state index contributed by atoms with van der Waals surface area (Å²) in [7, 11) is 0. The van der Waals surface area contributed by atoms with E-state index in [0.29, 0.717) is 41.4 Å². The number of hydrogen-bond acceptors (Lipinski definition) is 7. The summed E-state index contributed by atoms with van der Waals surface area (Å²) in [5.74, 6) is 2.78. The molecule has 3 heterocycles. The van der Waals surface area contributed by atoms with Crippen LogP contribution in [0.2, 0.25) is 0 Å². The average Bonchev–Trinajstić information content (AvgIpc) is 3.47. The van der Waals surface area contributed by atoms with Gasteiger partial charge in [-0.25, -0.2) is 0 Å². The van der Waals surface area contributed by atoms with Crippen LogP contribution in [0.3, 0.4) is 0 Å². The van der Waals surface area contributed by atoms with E-state index in [1.807, 2.05) is 66.1 Å². The van der Waals surface area contributed by atoms with Crippen molar-refractivity contribution in [2.75, 3.05) is 12.4 Å². The van der Waals surface area contributed by atoms with Crippen molar-refractivity contribution in [1.82, 2.24) is 20.1 Å². The first-order valence-corrected chi connectivity index (χ1v) is 11.9. The Hall–Kier alpha value is -3.72. The number of furan rings is 1. The summed E-state index contributed by atoms with van der Waals surface area (Å²) in [6, 6.07) is 17.0. The van der Waals surface area contributed by atoms with Gasteiger partial charge in [0.25, 0.3) is 0 Å². The number of amides is 1. The number of hydrogen-bond donors (Lipinski definition) is 1. The molecule has 2 aromatic carbocycles. The second-order valence-electron chi connectivity index (χ2n) is 7.87. The fourth-order valence-electron chi connectivity index (χ4n) is 3.79. The summed E-state index contributed by atoms with van der Waals surface area (Å²) >= 11 is 1.31. The molecule has 1 aliphatic heterocycles. The molecule has 9 heteroatoms. The Morgan fingerprint density at radius 1 is 1.24 bits per heavy atom. The van der Waals surface area contributed by atoms with Crippen LogP contribution >= 0.6 is 11.8 Å². The normalized spacial score (nSPS) is 15.7. The lowest BCUT2D eigenvalue weighted by Gasteiger charge is -2.26. The highest BCUT2D eigenvalue weighted by Gasteiger charge is 2.28. The molecule has 0 saturated heterocycles. The molecule has 1 amide bonds. The maximum absolute atomic E-state index is 12.6. The Morgan fingerprint density at radius 2 is 2.03 bits per heavy atom. The van der Waals surface area contributed by atoms with Crippen LogP contribution in [0.4, 0.5) is 0 Å². The zero-order valence-electron chi connectivity index (χ0n) is 18.6. The van der Waals surface area contributed by atoms with Crippen molar-refractivity contribution in [3.63, 3.8) is 0 Å². The molecule has 4 aromatic rings. The third-order valence-corrected chi connectivity index (χ3v) is 6.40. The second kappa shape index (κ2) is 9.64. The average molecular weight is 477 g/mol. The number of thioether (sulfide) groups is 1. The molecule has 174 valence electrons. The minimum absolute atomic E-state index is 0.126. The summed E-state index contributed by atoms with van der Waals surface area (Å²) in [5.41, 5.74) is 0.801. The van der Waals surface area contributed by atoms with Gasteiger partial charge in [0.1, 0.15) is 18.0 Å². The molecule has 0 bridgehead atoms. The molecule has 0 saturated carbocycles. The number of nitrogens with one attached hydrogen (secondary N) is 1. The summed E-state index contributed by atoms with van der Waals surface area (Å²) in [5, 5.41) is 13.2. The zero-order valence-corrected chi connectivity index (χ0v) is 19.5. The number of fused-ring (bicyclic) bond motifs is 2. The third-order valence-electron chi connectivity index (χ3n) is 5.43. The first-order chi connectivity index (χ1) is 16.6. The Bertz CT molecular complexity index is 1300. The van der Waals surface area contributed by atoms with Crippen molar-refractivity contribution < 1.29 is 18.7 Å². The van der Waals surface area contributed by atoms with Gasteiger partial charge in [0, 0.05) is 11.9 Å². The number of para-hydroxylation sites is 3. The van der Waals surface area contributed by atoms with Crippen LogP contribution in [0.1, 0.15) is 30.7 Å². The number of allylic oxidation sites excluding steroid dienone is 1. The van der Waals surface area contributed by atoms with Crippen LogP contribution in [0.5, 0.6) is 11.5 Å². The van der Waals surface area contributed by atoms with Gasteiger partial charge in [-0.2, -0.15) is 0 Å². The van der Waals surface area contributed by atoms with E-state index in [2.05, 4.69) is 22.1 Å². The first kappa shape index (κ1) is 22.1. The number of benzene rings is 2. The van der Waals surface area contributed by atoms with Gasteiger partial charge in [0.2, 0.25) is 5.91 Å². The summed E-state index contributed by atoms with van der Waals surface area (Å²) in [4.78, 5) is 12.6. The summed E-state index contributed by atoms with van der Waals surface area (Å²) in [6.45, 7) is 6.55. The van der Waals surface area contributed by atoms with E-state index in [1.54, 1.807) is 6.08 Å². The molecular formula is C25H24N4O4S. The third kappa shape index (κ3) is 4.51. The van der Waals surface area contributed by atoms with Crippen molar-refractivity contribution in [3.05, 3.63) is 78.8 Å². The van der Waals surface area contributed by atoms with E-state index in [9.17, 15) is 4.79 Å². The highest BCUT2D eigenvalue weighted by atomic mass is 32.2. The van der Waals surface area contributed by atoms with Crippen LogP contribution in [0.15, 0.2) is 76.8 Å². The van der Waals surface area contributed by atoms with Gasteiger partial charge >= 0.3 is 0 Å². The minimum Gasteiger partial charge on any atom is -0.485 e. The predicted octanol–water partition coefficient (Wildman–Crippen LogP) is 4.69. The fraction of sp³-hybridized carbons (Fsp3) is 0.240. The van der Waals surface area contributed by atoms with E-state index >= 15 is 0 Å². The minimum atomic E-state index is -0.404. The Kier molecular flexibility index (Phi) is 6.27. The predicted molar refractivity (Wildman–Crippen MR) is 129 cm³/mol. The quantitative estimate of drug-likeness (QED) is 0.291. The standard InChI is InChI=1S/C25H24N4O4S/c1-3-12-29-24(22-14-31-19-10-6-7-11-20(19)33-22)27-28-25(29)34-15-23(30)26-16(2)21-13-17-8-4-5-9-18(17)32-21/h3-11,13,16,22H,1,12,14-15H2,2H3,(H,26,30)/t16-,22-/m1/s1. The van der Waals surface area contributed by atoms with E-state index in [4.69, 9.17) is 13.9 Å². The second-order valence-corrected chi connectivity index (χ2v) is 8.81. The van der Waals surface area contributed by atoms with Crippen LogP contribution in [0, 0.1) is 0 Å². The zero-order chi connectivity index (χ0) is 23.5. The Balaban J connectivity index is 1.24. The molecule has 0 radical (unpaired) electrons. The lowest BCUT2D eigenvalue weighted by Crippen LogP contribution is -2.28. The molecule has 0 unspecified atom stereocenters. The largest absolute Gasteiger partial charge is 0.485 e. The van der Waals surface area contributed by atoms with Gasteiger partial charge in [0.05, 0.1) is 11.8 Å². The maximum atomic E-state index is 12.6. The Morgan fingerprint density at radius 3 is 2.85 bits per heavy atom.